The minimum Gasteiger partial charge on any atom is -0.370 e. The van der Waals surface area contributed by atoms with E-state index in [2.05, 4.69) is 13.8 Å². The highest BCUT2D eigenvalue weighted by molar-refractivity contribution is 5.96. The second kappa shape index (κ2) is 10.6. The zero-order chi connectivity index (χ0) is 14.6. The van der Waals surface area contributed by atoms with Gasteiger partial charge in [-0.25, -0.2) is 0 Å². The van der Waals surface area contributed by atoms with Crippen molar-refractivity contribution in [3.05, 3.63) is 35.9 Å². The summed E-state index contributed by atoms with van der Waals surface area (Å²) in [5.74, 6) is 0.0836. The monoisotopic (exact) mass is 276 g/mol. The van der Waals surface area contributed by atoms with E-state index in [0.29, 0.717) is 0 Å². The fourth-order valence-corrected chi connectivity index (χ4v) is 2.33. The molecular weight excluding hydrogens is 248 g/mol. The van der Waals surface area contributed by atoms with E-state index in [4.69, 9.17) is 4.74 Å². The fourth-order valence-electron chi connectivity index (χ4n) is 2.33. The molecule has 0 aliphatic heterocycles. The first-order valence-corrected chi connectivity index (χ1v) is 7.97. The quantitative estimate of drug-likeness (QED) is 0.419. The van der Waals surface area contributed by atoms with Crippen LogP contribution in [0.3, 0.4) is 0 Å². The third-order valence-electron chi connectivity index (χ3n) is 3.54. The Hall–Kier alpha value is -1.15. The van der Waals surface area contributed by atoms with Gasteiger partial charge in [-0.05, 0) is 12.8 Å². The third kappa shape index (κ3) is 6.85. The molecule has 0 radical (unpaired) electrons. The molecule has 0 N–H and O–H groups in total. The zero-order valence-electron chi connectivity index (χ0n) is 12.9. The first-order chi connectivity index (χ1) is 9.77. The predicted octanol–water partition coefficient (Wildman–Crippen LogP) is 5.03. The molecule has 0 bridgehead atoms. The summed E-state index contributed by atoms with van der Waals surface area (Å²) in [5.41, 5.74) is 0.744. The van der Waals surface area contributed by atoms with Crippen LogP contribution in [0.25, 0.3) is 0 Å². The first kappa shape index (κ1) is 16.9. The van der Waals surface area contributed by atoms with Gasteiger partial charge >= 0.3 is 0 Å². The molecule has 0 spiro atoms. The van der Waals surface area contributed by atoms with Crippen molar-refractivity contribution in [2.24, 2.45) is 0 Å². The summed E-state index contributed by atoms with van der Waals surface area (Å²) in [6.45, 7) is 4.60. The van der Waals surface area contributed by atoms with Crippen LogP contribution in [0.2, 0.25) is 0 Å². The Morgan fingerprint density at radius 3 is 2.40 bits per heavy atom. The summed E-state index contributed by atoms with van der Waals surface area (Å²) in [6.07, 6.45) is 8.50. The lowest BCUT2D eigenvalue weighted by Crippen LogP contribution is -2.18. The Kier molecular flexibility index (Phi) is 8.97. The number of ketones is 1. The standard InChI is InChI=1S/C18H28O2/c1-3-5-6-10-14-17(11-4-2)20-15-18(19)16-12-8-7-9-13-16/h7-9,12-13,17H,3-6,10-11,14-15H2,1-2H3. The molecule has 20 heavy (non-hydrogen) atoms. The normalized spacial score (nSPS) is 12.3. The number of ether oxygens (including phenoxy) is 1. The molecule has 2 heteroatoms. The number of Topliss-reactive ketones (excluding diaryl/α,β-unsaturated/α-hetero) is 1. The van der Waals surface area contributed by atoms with Gasteiger partial charge < -0.3 is 4.74 Å². The van der Waals surface area contributed by atoms with Crippen molar-refractivity contribution in [3.63, 3.8) is 0 Å². The van der Waals surface area contributed by atoms with Gasteiger partial charge in [0.15, 0.2) is 5.78 Å². The highest BCUT2D eigenvalue weighted by atomic mass is 16.5. The molecule has 1 atom stereocenters. The number of unbranched alkanes of at least 4 members (excludes halogenated alkanes) is 3. The zero-order valence-corrected chi connectivity index (χ0v) is 12.9. The van der Waals surface area contributed by atoms with E-state index < -0.39 is 0 Å². The Labute approximate surface area is 123 Å². The maximum atomic E-state index is 12.0. The van der Waals surface area contributed by atoms with Crippen molar-refractivity contribution >= 4 is 5.78 Å². The maximum absolute atomic E-state index is 12.0. The summed E-state index contributed by atoms with van der Waals surface area (Å²) in [7, 11) is 0. The van der Waals surface area contributed by atoms with Gasteiger partial charge in [0.25, 0.3) is 0 Å². The van der Waals surface area contributed by atoms with Crippen LogP contribution in [-0.2, 0) is 4.74 Å². The van der Waals surface area contributed by atoms with E-state index in [1.54, 1.807) is 0 Å². The van der Waals surface area contributed by atoms with Gasteiger partial charge in [-0.15, -0.1) is 0 Å². The van der Waals surface area contributed by atoms with Gasteiger partial charge in [-0.3, -0.25) is 4.79 Å². The summed E-state index contributed by atoms with van der Waals surface area (Å²) < 4.78 is 5.83. The highest BCUT2D eigenvalue weighted by Crippen LogP contribution is 2.13. The van der Waals surface area contributed by atoms with Crippen molar-refractivity contribution < 1.29 is 9.53 Å². The first-order valence-electron chi connectivity index (χ1n) is 7.97. The van der Waals surface area contributed by atoms with E-state index in [1.165, 1.54) is 25.7 Å². The van der Waals surface area contributed by atoms with Gasteiger partial charge in [0.05, 0.1) is 6.10 Å². The third-order valence-corrected chi connectivity index (χ3v) is 3.54. The molecule has 0 aliphatic rings. The molecular formula is C18H28O2. The van der Waals surface area contributed by atoms with Crippen molar-refractivity contribution in [2.45, 2.75) is 64.9 Å². The molecule has 0 heterocycles. The Morgan fingerprint density at radius 2 is 1.75 bits per heavy atom. The second-order valence-electron chi connectivity index (χ2n) is 5.36. The van der Waals surface area contributed by atoms with Crippen LogP contribution in [-0.4, -0.2) is 18.5 Å². The number of benzene rings is 1. The summed E-state index contributed by atoms with van der Waals surface area (Å²) in [5, 5.41) is 0. The molecule has 0 saturated heterocycles. The molecule has 1 aromatic rings. The molecule has 0 fully saturated rings. The molecule has 1 rings (SSSR count). The van der Waals surface area contributed by atoms with Gasteiger partial charge in [-0.1, -0.05) is 76.3 Å². The van der Waals surface area contributed by atoms with Crippen molar-refractivity contribution in [1.82, 2.24) is 0 Å². The van der Waals surface area contributed by atoms with Gasteiger partial charge in [-0.2, -0.15) is 0 Å². The molecule has 1 unspecified atom stereocenters. The maximum Gasteiger partial charge on any atom is 0.188 e. The van der Waals surface area contributed by atoms with Crippen LogP contribution in [0.4, 0.5) is 0 Å². The van der Waals surface area contributed by atoms with Crippen LogP contribution in [0.1, 0.15) is 69.2 Å². The summed E-state index contributed by atoms with van der Waals surface area (Å²) in [6, 6.07) is 9.40. The van der Waals surface area contributed by atoms with Crippen molar-refractivity contribution in [3.8, 4) is 0 Å². The summed E-state index contributed by atoms with van der Waals surface area (Å²) >= 11 is 0. The minimum absolute atomic E-state index is 0.0836. The number of carbonyl (C=O) groups excluding carboxylic acids is 1. The Bertz CT molecular complexity index is 359. The lowest BCUT2D eigenvalue weighted by molar-refractivity contribution is 0.0363. The van der Waals surface area contributed by atoms with E-state index in [0.717, 1.165) is 24.8 Å². The Morgan fingerprint density at radius 1 is 1.00 bits per heavy atom. The Balaban J connectivity index is 2.32. The highest BCUT2D eigenvalue weighted by Gasteiger charge is 2.11. The predicted molar refractivity (Wildman–Crippen MR) is 84.2 cm³/mol. The second-order valence-corrected chi connectivity index (χ2v) is 5.36. The summed E-state index contributed by atoms with van der Waals surface area (Å²) in [4.78, 5) is 12.0. The van der Waals surface area contributed by atoms with Gasteiger partial charge in [0, 0.05) is 5.56 Å². The minimum atomic E-state index is 0.0836. The molecule has 0 aliphatic carbocycles. The SMILES string of the molecule is CCCCCCC(CCC)OCC(=O)c1ccccc1. The molecule has 0 saturated carbocycles. The molecule has 112 valence electrons. The lowest BCUT2D eigenvalue weighted by Gasteiger charge is -2.16. The van der Waals surface area contributed by atoms with E-state index in [-0.39, 0.29) is 18.5 Å². The van der Waals surface area contributed by atoms with Crippen molar-refractivity contribution in [1.29, 1.82) is 0 Å². The van der Waals surface area contributed by atoms with Crippen LogP contribution >= 0.6 is 0 Å². The number of carbonyl (C=O) groups is 1. The van der Waals surface area contributed by atoms with Crippen LogP contribution < -0.4 is 0 Å². The van der Waals surface area contributed by atoms with Crippen LogP contribution in [0, 0.1) is 0 Å². The van der Waals surface area contributed by atoms with E-state index in [1.807, 2.05) is 30.3 Å². The van der Waals surface area contributed by atoms with Crippen LogP contribution in [0.15, 0.2) is 30.3 Å². The molecule has 1 aromatic carbocycles. The van der Waals surface area contributed by atoms with Crippen LogP contribution in [0.5, 0.6) is 0 Å². The number of hydrogen-bond donors (Lipinski definition) is 0. The van der Waals surface area contributed by atoms with E-state index in [9.17, 15) is 4.79 Å². The molecule has 0 aromatic heterocycles. The van der Waals surface area contributed by atoms with E-state index >= 15 is 0 Å². The number of rotatable bonds is 11. The van der Waals surface area contributed by atoms with Gasteiger partial charge in [0.2, 0.25) is 0 Å². The average molecular weight is 276 g/mol. The average Bonchev–Trinajstić information content (AvgIpc) is 2.49. The smallest absolute Gasteiger partial charge is 0.188 e. The largest absolute Gasteiger partial charge is 0.370 e. The fraction of sp³-hybridized carbons (Fsp3) is 0.611. The number of hydrogen-bond acceptors (Lipinski definition) is 2. The lowest BCUT2D eigenvalue weighted by atomic mass is 10.1. The topological polar surface area (TPSA) is 26.3 Å². The van der Waals surface area contributed by atoms with Crippen molar-refractivity contribution in [2.75, 3.05) is 6.61 Å². The molecule has 0 amide bonds. The molecule has 2 nitrogen and oxygen atoms in total. The van der Waals surface area contributed by atoms with Gasteiger partial charge in [0.1, 0.15) is 6.61 Å².